The van der Waals surface area contributed by atoms with Crippen LogP contribution < -0.4 is 10.6 Å². The SMILES string of the molecule is CCCNc1cc(NC2(CO)CCC2)nc(C2CC2)n1. The summed E-state index contributed by atoms with van der Waals surface area (Å²) < 4.78 is 0. The number of aliphatic hydroxyl groups excluding tert-OH is 1. The molecular formula is C15H24N4O. The quantitative estimate of drug-likeness (QED) is 0.714. The zero-order valence-electron chi connectivity index (χ0n) is 12.2. The highest BCUT2D eigenvalue weighted by atomic mass is 16.3. The lowest BCUT2D eigenvalue weighted by atomic mass is 9.77. The summed E-state index contributed by atoms with van der Waals surface area (Å²) in [5.74, 6) is 3.24. The van der Waals surface area contributed by atoms with Crippen molar-refractivity contribution in [1.29, 1.82) is 0 Å². The van der Waals surface area contributed by atoms with Crippen LogP contribution in [0.4, 0.5) is 11.6 Å². The van der Waals surface area contributed by atoms with Crippen LogP contribution >= 0.6 is 0 Å². The van der Waals surface area contributed by atoms with E-state index in [1.54, 1.807) is 0 Å². The molecule has 0 amide bonds. The maximum Gasteiger partial charge on any atom is 0.136 e. The van der Waals surface area contributed by atoms with Crippen LogP contribution in [0.2, 0.25) is 0 Å². The van der Waals surface area contributed by atoms with Crippen LogP contribution in [0.25, 0.3) is 0 Å². The van der Waals surface area contributed by atoms with Gasteiger partial charge in [-0.15, -0.1) is 0 Å². The summed E-state index contributed by atoms with van der Waals surface area (Å²) in [5.41, 5.74) is -0.156. The first kappa shape index (κ1) is 13.6. The summed E-state index contributed by atoms with van der Waals surface area (Å²) in [4.78, 5) is 9.25. The van der Waals surface area contributed by atoms with Crippen molar-refractivity contribution in [3.05, 3.63) is 11.9 Å². The minimum absolute atomic E-state index is 0.156. The normalized spacial score (nSPS) is 20.3. The lowest BCUT2D eigenvalue weighted by Crippen LogP contribution is -2.48. The Balaban J connectivity index is 1.79. The fourth-order valence-corrected chi connectivity index (χ4v) is 2.60. The Morgan fingerprint density at radius 1 is 1.30 bits per heavy atom. The van der Waals surface area contributed by atoms with E-state index < -0.39 is 0 Å². The van der Waals surface area contributed by atoms with Crippen molar-refractivity contribution in [3.63, 3.8) is 0 Å². The number of aromatic nitrogens is 2. The fourth-order valence-electron chi connectivity index (χ4n) is 2.60. The first-order chi connectivity index (χ1) is 9.74. The van der Waals surface area contributed by atoms with Crippen molar-refractivity contribution < 1.29 is 5.11 Å². The Bertz CT molecular complexity index is 463. The van der Waals surface area contributed by atoms with Crippen molar-refractivity contribution in [2.75, 3.05) is 23.8 Å². The molecule has 2 saturated carbocycles. The van der Waals surface area contributed by atoms with Crippen LogP contribution in [-0.4, -0.2) is 33.8 Å². The summed E-state index contributed by atoms with van der Waals surface area (Å²) >= 11 is 0. The number of nitrogens with zero attached hydrogens (tertiary/aromatic N) is 2. The van der Waals surface area contributed by atoms with Crippen LogP contribution in [0, 0.1) is 0 Å². The maximum absolute atomic E-state index is 9.58. The van der Waals surface area contributed by atoms with Gasteiger partial charge in [0, 0.05) is 18.5 Å². The van der Waals surface area contributed by atoms with Gasteiger partial charge < -0.3 is 15.7 Å². The predicted octanol–water partition coefficient (Wildman–Crippen LogP) is 2.50. The molecule has 5 heteroatoms. The lowest BCUT2D eigenvalue weighted by Gasteiger charge is -2.41. The van der Waals surface area contributed by atoms with Gasteiger partial charge in [-0.05, 0) is 38.5 Å². The molecule has 0 aromatic carbocycles. The zero-order valence-corrected chi connectivity index (χ0v) is 12.2. The molecule has 20 heavy (non-hydrogen) atoms. The monoisotopic (exact) mass is 276 g/mol. The molecule has 0 unspecified atom stereocenters. The highest BCUT2D eigenvalue weighted by Crippen LogP contribution is 2.40. The molecule has 0 atom stereocenters. The first-order valence-electron chi connectivity index (χ1n) is 7.76. The molecule has 5 nitrogen and oxygen atoms in total. The zero-order chi connectivity index (χ0) is 14.0. The third-order valence-electron chi connectivity index (χ3n) is 4.25. The minimum atomic E-state index is -0.156. The number of hydrogen-bond donors (Lipinski definition) is 3. The van der Waals surface area contributed by atoms with E-state index in [0.29, 0.717) is 5.92 Å². The van der Waals surface area contributed by atoms with Gasteiger partial charge in [0.25, 0.3) is 0 Å². The lowest BCUT2D eigenvalue weighted by molar-refractivity contribution is 0.144. The van der Waals surface area contributed by atoms with Crippen LogP contribution in [-0.2, 0) is 0 Å². The van der Waals surface area contributed by atoms with Crippen molar-refractivity contribution in [2.45, 2.75) is 56.9 Å². The predicted molar refractivity (Wildman–Crippen MR) is 80.1 cm³/mol. The van der Waals surface area contributed by atoms with Gasteiger partial charge in [0.2, 0.25) is 0 Å². The van der Waals surface area contributed by atoms with Gasteiger partial charge in [-0.3, -0.25) is 0 Å². The standard InChI is InChI=1S/C15H24N4O/c1-2-8-16-12-9-13(18-14(17-12)11-4-5-11)19-15(10-20)6-3-7-15/h9,11,20H,2-8,10H2,1H3,(H2,16,17,18,19). The molecule has 1 aromatic heterocycles. The maximum atomic E-state index is 9.58. The van der Waals surface area contributed by atoms with E-state index in [1.165, 1.54) is 19.3 Å². The van der Waals surface area contributed by atoms with E-state index >= 15 is 0 Å². The Morgan fingerprint density at radius 2 is 2.05 bits per heavy atom. The molecule has 2 fully saturated rings. The molecule has 0 saturated heterocycles. The second kappa shape index (κ2) is 5.56. The Morgan fingerprint density at radius 3 is 2.60 bits per heavy atom. The molecule has 110 valence electrons. The highest BCUT2D eigenvalue weighted by Gasteiger charge is 2.37. The second-order valence-corrected chi connectivity index (χ2v) is 6.11. The molecule has 1 aromatic rings. The van der Waals surface area contributed by atoms with Crippen LogP contribution in [0.15, 0.2) is 6.07 Å². The van der Waals surface area contributed by atoms with E-state index in [1.807, 2.05) is 6.07 Å². The molecule has 2 aliphatic carbocycles. The smallest absolute Gasteiger partial charge is 0.136 e. The van der Waals surface area contributed by atoms with Crippen LogP contribution in [0.1, 0.15) is 57.2 Å². The molecule has 1 heterocycles. The Kier molecular flexibility index (Phi) is 3.78. The number of rotatable bonds is 7. The Hall–Kier alpha value is -1.36. The number of hydrogen-bond acceptors (Lipinski definition) is 5. The molecule has 2 aliphatic rings. The molecule has 0 bridgehead atoms. The molecule has 3 rings (SSSR count). The summed E-state index contributed by atoms with van der Waals surface area (Å²) in [6, 6.07) is 1.97. The number of aliphatic hydroxyl groups is 1. The van der Waals surface area contributed by atoms with Crippen molar-refractivity contribution in [3.8, 4) is 0 Å². The van der Waals surface area contributed by atoms with Crippen LogP contribution in [0.3, 0.4) is 0 Å². The van der Waals surface area contributed by atoms with Gasteiger partial charge in [-0.1, -0.05) is 6.92 Å². The highest BCUT2D eigenvalue weighted by molar-refractivity contribution is 5.50. The molecular weight excluding hydrogens is 252 g/mol. The van der Waals surface area contributed by atoms with Gasteiger partial charge in [0.15, 0.2) is 0 Å². The summed E-state index contributed by atoms with van der Waals surface area (Å²) in [5, 5.41) is 16.4. The van der Waals surface area contributed by atoms with E-state index in [-0.39, 0.29) is 12.1 Å². The number of nitrogens with one attached hydrogen (secondary N) is 2. The van der Waals surface area contributed by atoms with Gasteiger partial charge in [0.1, 0.15) is 17.5 Å². The summed E-state index contributed by atoms with van der Waals surface area (Å²) in [6.45, 7) is 3.24. The van der Waals surface area contributed by atoms with Gasteiger partial charge >= 0.3 is 0 Å². The van der Waals surface area contributed by atoms with Crippen molar-refractivity contribution in [2.24, 2.45) is 0 Å². The summed E-state index contributed by atoms with van der Waals surface area (Å²) in [7, 11) is 0. The summed E-state index contributed by atoms with van der Waals surface area (Å²) in [6.07, 6.45) is 6.68. The van der Waals surface area contributed by atoms with Gasteiger partial charge in [-0.25, -0.2) is 9.97 Å². The largest absolute Gasteiger partial charge is 0.394 e. The Labute approximate surface area is 120 Å². The van der Waals surface area contributed by atoms with E-state index in [0.717, 1.165) is 43.3 Å². The van der Waals surface area contributed by atoms with Gasteiger partial charge in [-0.2, -0.15) is 0 Å². The molecule has 0 spiro atoms. The van der Waals surface area contributed by atoms with Crippen molar-refractivity contribution in [1.82, 2.24) is 9.97 Å². The molecule has 0 radical (unpaired) electrons. The van der Waals surface area contributed by atoms with E-state index in [9.17, 15) is 5.11 Å². The fraction of sp³-hybridized carbons (Fsp3) is 0.733. The second-order valence-electron chi connectivity index (χ2n) is 6.11. The van der Waals surface area contributed by atoms with Gasteiger partial charge in [0.05, 0.1) is 12.1 Å². The number of anilines is 2. The average molecular weight is 276 g/mol. The third-order valence-corrected chi connectivity index (χ3v) is 4.25. The van der Waals surface area contributed by atoms with Crippen LogP contribution in [0.5, 0.6) is 0 Å². The van der Waals surface area contributed by atoms with E-state index in [2.05, 4.69) is 27.5 Å². The average Bonchev–Trinajstić information content (AvgIpc) is 3.25. The third kappa shape index (κ3) is 2.87. The molecule has 3 N–H and O–H groups in total. The first-order valence-corrected chi connectivity index (χ1v) is 7.76. The minimum Gasteiger partial charge on any atom is -0.394 e. The topological polar surface area (TPSA) is 70.1 Å². The van der Waals surface area contributed by atoms with E-state index in [4.69, 9.17) is 0 Å². The van der Waals surface area contributed by atoms with Crippen molar-refractivity contribution >= 4 is 11.6 Å². The molecule has 0 aliphatic heterocycles.